The van der Waals surface area contributed by atoms with Crippen molar-refractivity contribution in [1.29, 1.82) is 0 Å². The first-order chi connectivity index (χ1) is 28.3. The molecule has 0 aliphatic rings. The molecule has 0 aliphatic heterocycles. The summed E-state index contributed by atoms with van der Waals surface area (Å²) in [5.41, 5.74) is 9.34. The Hall–Kier alpha value is -7.34. The van der Waals surface area contributed by atoms with Gasteiger partial charge in [0.25, 0.3) is 0 Å². The third-order valence-electron chi connectivity index (χ3n) is 11.9. The molecule has 0 aliphatic carbocycles. The monoisotopic (exact) mass is 742 g/mol. The van der Waals surface area contributed by atoms with E-state index in [1.807, 2.05) is 23.5 Å². The molecule has 0 saturated carbocycles. The van der Waals surface area contributed by atoms with Crippen molar-refractivity contribution in [2.24, 2.45) is 0 Å². The molecule has 13 aromatic rings. The van der Waals surface area contributed by atoms with Gasteiger partial charge in [-0.2, -0.15) is 0 Å². The first-order valence-electron chi connectivity index (χ1n) is 19.3. The fourth-order valence-corrected chi connectivity index (χ4v) is 10.5. The fraction of sp³-hybridized carbons (Fsp3) is 0. The van der Waals surface area contributed by atoms with Gasteiger partial charge in [0.05, 0.1) is 33.1 Å². The average molecular weight is 743 g/mol. The van der Waals surface area contributed by atoms with Crippen LogP contribution in [-0.4, -0.2) is 19.1 Å². The Balaban J connectivity index is 1.13. The number of nitrogens with zero attached hydrogens (tertiary/aromatic N) is 4. The lowest BCUT2D eigenvalue weighted by atomic mass is 10.0. The van der Waals surface area contributed by atoms with E-state index in [2.05, 4.69) is 179 Å². The first-order valence-corrected chi connectivity index (χ1v) is 20.1. The van der Waals surface area contributed by atoms with Gasteiger partial charge in [0.15, 0.2) is 5.82 Å². The van der Waals surface area contributed by atoms with Crippen LogP contribution in [0.2, 0.25) is 0 Å². The van der Waals surface area contributed by atoms with Crippen LogP contribution in [0.25, 0.3) is 119 Å². The van der Waals surface area contributed by atoms with Gasteiger partial charge in [-0.05, 0) is 82.2 Å². The second-order valence-corrected chi connectivity index (χ2v) is 16.0. The quantitative estimate of drug-likeness (QED) is 0.181. The Morgan fingerprint density at radius 1 is 0.368 bits per heavy atom. The predicted molar refractivity (Wildman–Crippen MR) is 242 cm³/mol. The number of hydrogen-bond acceptors (Lipinski definition) is 3. The van der Waals surface area contributed by atoms with E-state index in [1.165, 1.54) is 74.3 Å². The number of hydrogen-bond donors (Lipinski definition) is 0. The van der Waals surface area contributed by atoms with Crippen LogP contribution in [0.3, 0.4) is 0 Å². The largest absolute Gasteiger partial charge is 0.309 e. The van der Waals surface area contributed by atoms with Crippen LogP contribution in [0.15, 0.2) is 182 Å². The van der Waals surface area contributed by atoms with Gasteiger partial charge in [-0.15, -0.1) is 11.3 Å². The van der Waals surface area contributed by atoms with E-state index in [9.17, 15) is 0 Å². The topological polar surface area (TPSA) is 35.6 Å². The molecule has 4 nitrogen and oxygen atoms in total. The van der Waals surface area contributed by atoms with Gasteiger partial charge >= 0.3 is 0 Å². The third kappa shape index (κ3) is 4.37. The standard InChI is InChI=1S/C52H30N4S/c1-3-13-35-31(11-1)22-26-45-49(35)39-16-5-9-19-43(39)55(45)34-24-28-44-40(30-34)50-36-14-4-2-12-32(36)23-27-46(50)56(44)52-51(53-41-17-7-8-18-42(41)54-52)33-21-25-38-37-15-6-10-20-47(37)57-48(38)29-33/h1-30H. The maximum Gasteiger partial charge on any atom is 0.165 e. The van der Waals surface area contributed by atoms with Crippen molar-refractivity contribution in [3.8, 4) is 22.8 Å². The van der Waals surface area contributed by atoms with E-state index in [0.29, 0.717) is 0 Å². The Morgan fingerprint density at radius 3 is 1.74 bits per heavy atom. The molecule has 4 aromatic heterocycles. The first kappa shape index (κ1) is 30.9. The van der Waals surface area contributed by atoms with Gasteiger partial charge in [0.2, 0.25) is 0 Å². The highest BCUT2D eigenvalue weighted by Gasteiger charge is 2.23. The minimum absolute atomic E-state index is 0.820. The van der Waals surface area contributed by atoms with Crippen LogP contribution in [0.5, 0.6) is 0 Å². The van der Waals surface area contributed by atoms with E-state index in [0.717, 1.165) is 44.8 Å². The fourth-order valence-electron chi connectivity index (χ4n) is 9.38. The number of aromatic nitrogens is 4. The maximum atomic E-state index is 5.48. The minimum Gasteiger partial charge on any atom is -0.309 e. The molecule has 4 heterocycles. The number of para-hydroxylation sites is 3. The summed E-state index contributed by atoms with van der Waals surface area (Å²) in [4.78, 5) is 10.9. The van der Waals surface area contributed by atoms with Crippen molar-refractivity contribution in [3.63, 3.8) is 0 Å². The van der Waals surface area contributed by atoms with E-state index >= 15 is 0 Å². The van der Waals surface area contributed by atoms with Crippen LogP contribution in [-0.2, 0) is 0 Å². The smallest absolute Gasteiger partial charge is 0.165 e. The van der Waals surface area contributed by atoms with Crippen molar-refractivity contribution in [3.05, 3.63) is 182 Å². The Bertz CT molecular complexity index is 3830. The van der Waals surface area contributed by atoms with E-state index in [-0.39, 0.29) is 0 Å². The Labute approximate surface area is 330 Å². The van der Waals surface area contributed by atoms with Gasteiger partial charge in [-0.25, -0.2) is 9.97 Å². The lowest BCUT2D eigenvalue weighted by molar-refractivity contribution is 1.08. The molecule has 0 saturated heterocycles. The zero-order valence-electron chi connectivity index (χ0n) is 30.5. The molecule has 9 aromatic carbocycles. The molecule has 5 heteroatoms. The molecule has 264 valence electrons. The summed E-state index contributed by atoms with van der Waals surface area (Å²) in [6.07, 6.45) is 0. The molecular weight excluding hydrogens is 713 g/mol. The summed E-state index contributed by atoms with van der Waals surface area (Å²) in [6, 6.07) is 65.9. The summed E-state index contributed by atoms with van der Waals surface area (Å²) in [7, 11) is 0. The summed E-state index contributed by atoms with van der Waals surface area (Å²) in [6.45, 7) is 0. The van der Waals surface area contributed by atoms with Gasteiger partial charge < -0.3 is 4.57 Å². The maximum absolute atomic E-state index is 5.48. The number of benzene rings is 9. The minimum atomic E-state index is 0.820. The molecule has 0 bridgehead atoms. The van der Waals surface area contributed by atoms with Gasteiger partial charge in [0, 0.05) is 53.0 Å². The molecule has 0 fully saturated rings. The van der Waals surface area contributed by atoms with Crippen LogP contribution in [0.4, 0.5) is 0 Å². The molecule has 13 rings (SSSR count). The zero-order valence-corrected chi connectivity index (χ0v) is 31.3. The van der Waals surface area contributed by atoms with Crippen LogP contribution >= 0.6 is 11.3 Å². The molecule has 0 radical (unpaired) electrons. The highest BCUT2D eigenvalue weighted by atomic mass is 32.1. The van der Waals surface area contributed by atoms with Crippen LogP contribution in [0.1, 0.15) is 0 Å². The van der Waals surface area contributed by atoms with Crippen molar-refractivity contribution in [1.82, 2.24) is 19.1 Å². The predicted octanol–water partition coefficient (Wildman–Crippen LogP) is 14.2. The lowest BCUT2D eigenvalue weighted by Crippen LogP contribution is -2.04. The SMILES string of the molecule is c1ccc2c(c1)ccc1c2c2ccccc2n1-c1ccc2c(c1)c1c3ccccc3ccc1n2-c1nc2ccccc2nc1-c1ccc2c(c1)sc1ccccc12. The molecule has 0 amide bonds. The molecule has 57 heavy (non-hydrogen) atoms. The Morgan fingerprint density at radius 2 is 0.947 bits per heavy atom. The second-order valence-electron chi connectivity index (χ2n) is 14.9. The van der Waals surface area contributed by atoms with Crippen LogP contribution < -0.4 is 0 Å². The number of rotatable bonds is 3. The Kier molecular flexibility index (Phi) is 6.29. The van der Waals surface area contributed by atoms with Crippen molar-refractivity contribution < 1.29 is 0 Å². The summed E-state index contributed by atoms with van der Waals surface area (Å²) in [5, 5.41) is 12.4. The molecule has 0 unspecified atom stereocenters. The highest BCUT2D eigenvalue weighted by molar-refractivity contribution is 7.25. The molecular formula is C52H30N4S. The molecule has 0 N–H and O–H groups in total. The van der Waals surface area contributed by atoms with E-state index < -0.39 is 0 Å². The summed E-state index contributed by atoms with van der Waals surface area (Å²) < 4.78 is 7.32. The van der Waals surface area contributed by atoms with Crippen molar-refractivity contribution in [2.75, 3.05) is 0 Å². The normalized spacial score (nSPS) is 12.2. The zero-order chi connectivity index (χ0) is 37.2. The second kappa shape index (κ2) is 11.6. The summed E-state index contributed by atoms with van der Waals surface area (Å²) in [5.74, 6) is 0.820. The van der Waals surface area contributed by atoms with E-state index in [4.69, 9.17) is 9.97 Å². The summed E-state index contributed by atoms with van der Waals surface area (Å²) >= 11 is 1.83. The van der Waals surface area contributed by atoms with Crippen molar-refractivity contribution >= 4 is 108 Å². The van der Waals surface area contributed by atoms with Crippen molar-refractivity contribution in [2.45, 2.75) is 0 Å². The highest BCUT2D eigenvalue weighted by Crippen LogP contribution is 2.43. The number of thiophene rings is 1. The van der Waals surface area contributed by atoms with Gasteiger partial charge in [-0.1, -0.05) is 121 Å². The van der Waals surface area contributed by atoms with Crippen LogP contribution in [0, 0.1) is 0 Å². The van der Waals surface area contributed by atoms with Gasteiger partial charge in [-0.3, -0.25) is 4.57 Å². The third-order valence-corrected chi connectivity index (χ3v) is 13.0. The average Bonchev–Trinajstić information content (AvgIpc) is 3.93. The lowest BCUT2D eigenvalue weighted by Gasteiger charge is -2.14. The molecule has 0 spiro atoms. The van der Waals surface area contributed by atoms with Gasteiger partial charge in [0.1, 0.15) is 5.69 Å². The molecule has 0 atom stereocenters. The number of fused-ring (bicyclic) bond motifs is 14. The van der Waals surface area contributed by atoms with E-state index in [1.54, 1.807) is 0 Å².